The van der Waals surface area contributed by atoms with E-state index in [1.165, 1.54) is 6.92 Å². The second-order valence-electron chi connectivity index (χ2n) is 4.61. The minimum absolute atomic E-state index is 0.00686. The molecule has 1 N–H and O–H groups in total. The summed E-state index contributed by atoms with van der Waals surface area (Å²) in [6.45, 7) is 7.11. The van der Waals surface area contributed by atoms with Crippen LogP contribution < -0.4 is 5.32 Å². The van der Waals surface area contributed by atoms with E-state index >= 15 is 0 Å². The molecule has 4 heteroatoms. The van der Waals surface area contributed by atoms with Crippen molar-refractivity contribution in [2.75, 3.05) is 11.9 Å². The van der Waals surface area contributed by atoms with E-state index in [0.717, 1.165) is 5.69 Å². The van der Waals surface area contributed by atoms with E-state index < -0.39 is 5.54 Å². The first-order chi connectivity index (χ1) is 8.36. The first kappa shape index (κ1) is 14.2. The van der Waals surface area contributed by atoms with Crippen LogP contribution in [0.4, 0.5) is 5.69 Å². The number of benzene rings is 1. The third-order valence-corrected chi connectivity index (χ3v) is 2.51. The van der Waals surface area contributed by atoms with Gasteiger partial charge in [0, 0.05) is 11.3 Å². The SMILES string of the molecule is CCOC(=O)C(C)(C)Nc1cccc(C(C)=O)c1. The Bertz CT molecular complexity index is 452. The van der Waals surface area contributed by atoms with Crippen LogP contribution in [0.5, 0.6) is 0 Å². The smallest absolute Gasteiger partial charge is 0.331 e. The number of esters is 1. The summed E-state index contributed by atoms with van der Waals surface area (Å²) in [7, 11) is 0. The zero-order chi connectivity index (χ0) is 13.8. The van der Waals surface area contributed by atoms with Crippen molar-refractivity contribution >= 4 is 17.4 Å². The Balaban J connectivity index is 2.86. The van der Waals surface area contributed by atoms with Gasteiger partial charge in [-0.25, -0.2) is 4.79 Å². The lowest BCUT2D eigenvalue weighted by Gasteiger charge is -2.25. The predicted octanol–water partition coefficient (Wildman–Crippen LogP) is 2.64. The average Bonchev–Trinajstić information content (AvgIpc) is 2.29. The van der Waals surface area contributed by atoms with Gasteiger partial charge in [0.05, 0.1) is 6.61 Å². The van der Waals surface area contributed by atoms with E-state index in [0.29, 0.717) is 12.2 Å². The summed E-state index contributed by atoms with van der Waals surface area (Å²) in [5, 5.41) is 3.07. The van der Waals surface area contributed by atoms with Crippen LogP contribution in [0.25, 0.3) is 0 Å². The Morgan fingerprint density at radius 1 is 1.33 bits per heavy atom. The molecule has 0 aliphatic rings. The number of rotatable bonds is 5. The number of nitrogens with one attached hydrogen (secondary N) is 1. The van der Waals surface area contributed by atoms with Crippen LogP contribution in [-0.2, 0) is 9.53 Å². The highest BCUT2D eigenvalue weighted by molar-refractivity contribution is 5.95. The van der Waals surface area contributed by atoms with E-state index in [9.17, 15) is 9.59 Å². The van der Waals surface area contributed by atoms with E-state index in [-0.39, 0.29) is 11.8 Å². The molecule has 0 spiro atoms. The third kappa shape index (κ3) is 3.58. The summed E-state index contributed by atoms with van der Waals surface area (Å²) in [6.07, 6.45) is 0. The third-order valence-electron chi connectivity index (χ3n) is 2.51. The predicted molar refractivity (Wildman–Crippen MR) is 70.8 cm³/mol. The van der Waals surface area contributed by atoms with Crippen molar-refractivity contribution in [2.24, 2.45) is 0 Å². The Labute approximate surface area is 107 Å². The molecule has 0 saturated carbocycles. The highest BCUT2D eigenvalue weighted by Gasteiger charge is 2.28. The molecular formula is C14H19NO3. The van der Waals surface area contributed by atoms with Crippen LogP contribution in [0.2, 0.25) is 0 Å². The first-order valence-corrected chi connectivity index (χ1v) is 5.93. The van der Waals surface area contributed by atoms with Crippen molar-refractivity contribution in [2.45, 2.75) is 33.2 Å². The Morgan fingerprint density at radius 3 is 2.56 bits per heavy atom. The van der Waals surface area contributed by atoms with Crippen LogP contribution in [0.15, 0.2) is 24.3 Å². The van der Waals surface area contributed by atoms with Crippen LogP contribution in [0, 0.1) is 0 Å². The minimum atomic E-state index is -0.828. The molecule has 4 nitrogen and oxygen atoms in total. The van der Waals surface area contributed by atoms with E-state index in [1.54, 1.807) is 39.0 Å². The number of anilines is 1. The van der Waals surface area contributed by atoms with Gasteiger partial charge in [0.25, 0.3) is 0 Å². The van der Waals surface area contributed by atoms with Gasteiger partial charge in [-0.15, -0.1) is 0 Å². The molecule has 0 fully saturated rings. The molecule has 1 aromatic carbocycles. The van der Waals surface area contributed by atoms with Crippen LogP contribution in [-0.4, -0.2) is 23.9 Å². The van der Waals surface area contributed by atoms with Crippen LogP contribution >= 0.6 is 0 Å². The largest absolute Gasteiger partial charge is 0.464 e. The summed E-state index contributed by atoms with van der Waals surface area (Å²) >= 11 is 0. The van der Waals surface area contributed by atoms with Gasteiger partial charge in [0.1, 0.15) is 5.54 Å². The van der Waals surface area contributed by atoms with Gasteiger partial charge in [-0.3, -0.25) is 4.79 Å². The molecule has 0 saturated heterocycles. The molecular weight excluding hydrogens is 230 g/mol. The minimum Gasteiger partial charge on any atom is -0.464 e. The maximum Gasteiger partial charge on any atom is 0.331 e. The number of ether oxygens (including phenoxy) is 1. The lowest BCUT2D eigenvalue weighted by molar-refractivity contribution is -0.147. The summed E-state index contributed by atoms with van der Waals surface area (Å²) in [4.78, 5) is 23.0. The molecule has 0 aliphatic heterocycles. The van der Waals surface area contributed by atoms with Gasteiger partial charge in [-0.05, 0) is 39.8 Å². The van der Waals surface area contributed by atoms with Crippen molar-refractivity contribution in [3.05, 3.63) is 29.8 Å². The second-order valence-corrected chi connectivity index (χ2v) is 4.61. The summed E-state index contributed by atoms with van der Waals surface area (Å²) < 4.78 is 4.99. The van der Waals surface area contributed by atoms with Crippen molar-refractivity contribution < 1.29 is 14.3 Å². The zero-order valence-corrected chi connectivity index (χ0v) is 11.2. The van der Waals surface area contributed by atoms with Crippen molar-refractivity contribution in [1.29, 1.82) is 0 Å². The molecule has 98 valence electrons. The van der Waals surface area contributed by atoms with Crippen LogP contribution in [0.1, 0.15) is 38.1 Å². The number of carbonyl (C=O) groups excluding carboxylic acids is 2. The number of hydrogen-bond acceptors (Lipinski definition) is 4. The molecule has 0 unspecified atom stereocenters. The van der Waals surface area contributed by atoms with Crippen LogP contribution in [0.3, 0.4) is 0 Å². The van der Waals surface area contributed by atoms with Crippen molar-refractivity contribution in [3.63, 3.8) is 0 Å². The standard InChI is InChI=1S/C14H19NO3/c1-5-18-13(17)14(3,4)15-12-8-6-7-11(9-12)10(2)16/h6-9,15H,5H2,1-4H3. The van der Waals surface area contributed by atoms with E-state index in [1.807, 2.05) is 6.07 Å². The zero-order valence-electron chi connectivity index (χ0n) is 11.2. The summed E-state index contributed by atoms with van der Waals surface area (Å²) in [5.41, 5.74) is 0.506. The number of Topliss-reactive ketones (excluding diaryl/α,β-unsaturated/α-hetero) is 1. The summed E-state index contributed by atoms with van der Waals surface area (Å²) in [6, 6.07) is 7.06. The number of ketones is 1. The molecule has 0 radical (unpaired) electrons. The van der Waals surface area contributed by atoms with Crippen molar-refractivity contribution in [3.8, 4) is 0 Å². The molecule has 1 aromatic rings. The second kappa shape index (κ2) is 5.67. The number of carbonyl (C=O) groups is 2. The summed E-state index contributed by atoms with van der Waals surface area (Å²) in [5.74, 6) is -0.328. The lowest BCUT2D eigenvalue weighted by Crippen LogP contribution is -2.41. The average molecular weight is 249 g/mol. The highest BCUT2D eigenvalue weighted by Crippen LogP contribution is 2.18. The Kier molecular flexibility index (Phi) is 4.48. The van der Waals surface area contributed by atoms with Gasteiger partial charge in [0.2, 0.25) is 0 Å². The molecule has 18 heavy (non-hydrogen) atoms. The molecule has 0 amide bonds. The molecule has 1 rings (SSSR count). The fourth-order valence-electron chi connectivity index (χ4n) is 1.54. The molecule has 0 bridgehead atoms. The lowest BCUT2D eigenvalue weighted by atomic mass is 10.0. The van der Waals surface area contributed by atoms with Gasteiger partial charge < -0.3 is 10.1 Å². The molecule has 0 aromatic heterocycles. The topological polar surface area (TPSA) is 55.4 Å². The molecule has 0 heterocycles. The fraction of sp³-hybridized carbons (Fsp3) is 0.429. The normalized spacial score (nSPS) is 10.9. The van der Waals surface area contributed by atoms with Gasteiger partial charge in [-0.1, -0.05) is 12.1 Å². The van der Waals surface area contributed by atoms with E-state index in [2.05, 4.69) is 5.32 Å². The maximum absolute atomic E-state index is 11.7. The fourth-order valence-corrected chi connectivity index (χ4v) is 1.54. The maximum atomic E-state index is 11.7. The number of hydrogen-bond donors (Lipinski definition) is 1. The molecule has 0 aliphatic carbocycles. The van der Waals surface area contributed by atoms with Gasteiger partial charge >= 0.3 is 5.97 Å². The molecule has 0 atom stereocenters. The Morgan fingerprint density at radius 2 is 2.00 bits per heavy atom. The van der Waals surface area contributed by atoms with Gasteiger partial charge in [0.15, 0.2) is 5.78 Å². The Hall–Kier alpha value is -1.84. The van der Waals surface area contributed by atoms with Crippen molar-refractivity contribution in [1.82, 2.24) is 0 Å². The highest BCUT2D eigenvalue weighted by atomic mass is 16.5. The van der Waals surface area contributed by atoms with E-state index in [4.69, 9.17) is 4.74 Å². The van der Waals surface area contributed by atoms with Gasteiger partial charge in [-0.2, -0.15) is 0 Å². The quantitative estimate of drug-likeness (QED) is 0.644. The monoisotopic (exact) mass is 249 g/mol. The first-order valence-electron chi connectivity index (χ1n) is 5.93.